The van der Waals surface area contributed by atoms with Crippen molar-refractivity contribution in [1.29, 1.82) is 0 Å². The van der Waals surface area contributed by atoms with Crippen molar-refractivity contribution in [2.45, 2.75) is 0 Å². The molecule has 0 radical (unpaired) electrons. The van der Waals surface area contributed by atoms with Gasteiger partial charge in [0.2, 0.25) is 0 Å². The Morgan fingerprint density at radius 2 is 2.05 bits per heavy atom. The maximum absolute atomic E-state index is 12.0. The molecular formula is C15H10BrN3O2. The molecule has 0 bridgehead atoms. The molecule has 2 heterocycles. The lowest BCUT2D eigenvalue weighted by molar-refractivity contribution is 0.515. The summed E-state index contributed by atoms with van der Waals surface area (Å²) >= 11 is 3.28. The zero-order valence-electron chi connectivity index (χ0n) is 10.7. The van der Waals surface area contributed by atoms with Gasteiger partial charge >= 0.3 is 0 Å². The van der Waals surface area contributed by atoms with Gasteiger partial charge in [-0.1, -0.05) is 30.3 Å². The molecule has 5 nitrogen and oxygen atoms in total. The number of hydrogen-bond acceptors (Lipinski definition) is 4. The molecule has 2 aromatic heterocycles. The number of aromatic nitrogens is 3. The van der Waals surface area contributed by atoms with Crippen molar-refractivity contribution in [3.05, 3.63) is 68.7 Å². The van der Waals surface area contributed by atoms with E-state index in [1.165, 1.54) is 6.08 Å². The summed E-state index contributed by atoms with van der Waals surface area (Å²) in [5, 5.41) is 10.1. The van der Waals surface area contributed by atoms with Gasteiger partial charge in [-0.15, -0.1) is 0 Å². The van der Waals surface area contributed by atoms with Crippen LogP contribution in [0.4, 0.5) is 0 Å². The average Bonchev–Trinajstić information content (AvgIpc) is 2.49. The lowest BCUT2D eigenvalue weighted by Gasteiger charge is -2.01. The van der Waals surface area contributed by atoms with Gasteiger partial charge in [-0.3, -0.25) is 4.79 Å². The van der Waals surface area contributed by atoms with Crippen molar-refractivity contribution in [2.75, 3.05) is 0 Å². The topological polar surface area (TPSA) is 78.9 Å². The lowest BCUT2D eigenvalue weighted by Crippen LogP contribution is -2.12. The van der Waals surface area contributed by atoms with Gasteiger partial charge in [-0.2, -0.15) is 0 Å². The van der Waals surface area contributed by atoms with E-state index in [1.54, 1.807) is 36.5 Å². The largest absolute Gasteiger partial charge is 0.507 e. The molecule has 21 heavy (non-hydrogen) atoms. The van der Waals surface area contributed by atoms with E-state index in [2.05, 4.69) is 30.9 Å². The number of H-pyrrole nitrogens is 1. The number of aromatic amines is 1. The van der Waals surface area contributed by atoms with Crippen LogP contribution in [0.15, 0.2) is 51.9 Å². The number of nitrogens with one attached hydrogen (secondary N) is 1. The normalized spacial score (nSPS) is 11.8. The highest BCUT2D eigenvalue weighted by atomic mass is 79.9. The summed E-state index contributed by atoms with van der Waals surface area (Å²) in [4.78, 5) is 23.0. The molecule has 3 rings (SSSR count). The number of benzene rings is 1. The van der Waals surface area contributed by atoms with E-state index in [4.69, 9.17) is 0 Å². The maximum atomic E-state index is 12.0. The zero-order chi connectivity index (χ0) is 14.8. The molecule has 0 saturated heterocycles. The molecule has 0 amide bonds. The van der Waals surface area contributed by atoms with Crippen molar-refractivity contribution >= 4 is 38.9 Å². The monoisotopic (exact) mass is 343 g/mol. The number of nitrogens with zero attached hydrogens (tertiary/aromatic N) is 2. The van der Waals surface area contributed by atoms with Gasteiger partial charge in [0.1, 0.15) is 11.5 Å². The maximum Gasteiger partial charge on any atom is 0.274 e. The second-order valence-electron chi connectivity index (χ2n) is 4.37. The summed E-state index contributed by atoms with van der Waals surface area (Å²) in [6, 6.07) is 10.7. The Bertz CT molecular complexity index is 888. The number of halogens is 1. The van der Waals surface area contributed by atoms with Crippen molar-refractivity contribution in [3.63, 3.8) is 0 Å². The van der Waals surface area contributed by atoms with Crippen LogP contribution in [0.3, 0.4) is 0 Å². The highest BCUT2D eigenvalue weighted by Gasteiger charge is 2.06. The number of pyridine rings is 1. The summed E-state index contributed by atoms with van der Waals surface area (Å²) in [6.45, 7) is 0. The number of rotatable bonds is 2. The molecule has 3 aromatic rings. The first-order valence-corrected chi connectivity index (χ1v) is 6.94. The van der Waals surface area contributed by atoms with E-state index in [-0.39, 0.29) is 17.0 Å². The third-order valence-electron chi connectivity index (χ3n) is 2.88. The Hall–Kier alpha value is -2.47. The Kier molecular flexibility index (Phi) is 3.53. The van der Waals surface area contributed by atoms with Crippen LogP contribution in [0.2, 0.25) is 0 Å². The third kappa shape index (κ3) is 2.85. The molecule has 0 spiro atoms. The SMILES string of the molecule is O=c1[nH]c2cc(Br)cnc2nc1/C=C(/O)c1ccccc1. The fraction of sp³-hybridized carbons (Fsp3) is 0. The lowest BCUT2D eigenvalue weighted by atomic mass is 10.1. The van der Waals surface area contributed by atoms with Gasteiger partial charge in [0.25, 0.3) is 5.56 Å². The van der Waals surface area contributed by atoms with Gasteiger partial charge in [-0.05, 0) is 22.0 Å². The molecule has 0 aliphatic carbocycles. The Labute approximate surface area is 128 Å². The van der Waals surface area contributed by atoms with Crippen LogP contribution in [0.1, 0.15) is 11.3 Å². The van der Waals surface area contributed by atoms with Crippen LogP contribution in [0.25, 0.3) is 23.0 Å². The quantitative estimate of drug-likeness (QED) is 0.700. The van der Waals surface area contributed by atoms with Crippen molar-refractivity contribution in [1.82, 2.24) is 15.0 Å². The van der Waals surface area contributed by atoms with Crippen LogP contribution in [0.5, 0.6) is 0 Å². The van der Waals surface area contributed by atoms with Crippen molar-refractivity contribution < 1.29 is 5.11 Å². The number of hydrogen-bond donors (Lipinski definition) is 2. The zero-order valence-corrected chi connectivity index (χ0v) is 12.3. The minimum atomic E-state index is -0.384. The minimum absolute atomic E-state index is 0.0231. The molecule has 1 aromatic carbocycles. The molecule has 2 N–H and O–H groups in total. The summed E-state index contributed by atoms with van der Waals surface area (Å²) in [5.74, 6) is -0.0231. The summed E-state index contributed by atoms with van der Waals surface area (Å²) in [5.41, 5.74) is 1.28. The standard InChI is InChI=1S/C15H10BrN3O2/c16-10-6-11-14(17-8-10)18-12(15(21)19-11)7-13(20)9-4-2-1-3-5-9/h1-8,20H,(H,19,21)/b13-7+. The first kappa shape index (κ1) is 13.5. The fourth-order valence-electron chi connectivity index (χ4n) is 1.88. The summed E-state index contributed by atoms with van der Waals surface area (Å²) < 4.78 is 0.753. The fourth-order valence-corrected chi connectivity index (χ4v) is 2.22. The second-order valence-corrected chi connectivity index (χ2v) is 5.29. The molecule has 0 fully saturated rings. The van der Waals surface area contributed by atoms with E-state index in [9.17, 15) is 9.90 Å². The first-order valence-electron chi connectivity index (χ1n) is 6.15. The molecule has 0 aliphatic rings. The molecule has 0 unspecified atom stereocenters. The van der Waals surface area contributed by atoms with E-state index >= 15 is 0 Å². The molecule has 104 valence electrons. The number of aliphatic hydroxyl groups is 1. The summed E-state index contributed by atoms with van der Waals surface area (Å²) in [6.07, 6.45) is 2.93. The Morgan fingerprint density at radius 1 is 1.29 bits per heavy atom. The molecule has 6 heteroatoms. The number of fused-ring (bicyclic) bond motifs is 1. The van der Waals surface area contributed by atoms with E-state index in [0.29, 0.717) is 16.7 Å². The van der Waals surface area contributed by atoms with Gasteiger partial charge in [0.05, 0.1) is 5.52 Å². The highest BCUT2D eigenvalue weighted by molar-refractivity contribution is 9.10. The molecular weight excluding hydrogens is 334 g/mol. The second kappa shape index (κ2) is 5.49. The van der Waals surface area contributed by atoms with Crippen LogP contribution >= 0.6 is 15.9 Å². The third-order valence-corrected chi connectivity index (χ3v) is 3.32. The average molecular weight is 344 g/mol. The first-order chi connectivity index (χ1) is 10.1. The van der Waals surface area contributed by atoms with Crippen LogP contribution in [-0.2, 0) is 0 Å². The van der Waals surface area contributed by atoms with Gasteiger partial charge in [-0.25, -0.2) is 9.97 Å². The predicted octanol–water partition coefficient (Wildman–Crippen LogP) is 3.14. The van der Waals surface area contributed by atoms with Crippen LogP contribution in [0, 0.1) is 0 Å². The molecule has 0 atom stereocenters. The van der Waals surface area contributed by atoms with Gasteiger partial charge in [0, 0.05) is 22.3 Å². The molecule has 0 aliphatic heterocycles. The van der Waals surface area contributed by atoms with E-state index < -0.39 is 0 Å². The van der Waals surface area contributed by atoms with Crippen LogP contribution < -0.4 is 5.56 Å². The smallest absolute Gasteiger partial charge is 0.274 e. The number of aliphatic hydroxyl groups excluding tert-OH is 1. The predicted molar refractivity (Wildman–Crippen MR) is 84.8 cm³/mol. The Balaban J connectivity index is 2.11. The summed E-state index contributed by atoms with van der Waals surface area (Å²) in [7, 11) is 0. The highest BCUT2D eigenvalue weighted by Crippen LogP contribution is 2.15. The van der Waals surface area contributed by atoms with E-state index in [0.717, 1.165) is 4.47 Å². The van der Waals surface area contributed by atoms with Gasteiger partial charge in [0.15, 0.2) is 5.65 Å². The van der Waals surface area contributed by atoms with Crippen molar-refractivity contribution in [2.24, 2.45) is 0 Å². The van der Waals surface area contributed by atoms with E-state index in [1.807, 2.05) is 6.07 Å². The van der Waals surface area contributed by atoms with Crippen LogP contribution in [-0.4, -0.2) is 20.1 Å². The molecule has 0 saturated carbocycles. The van der Waals surface area contributed by atoms with Gasteiger partial charge < -0.3 is 10.1 Å². The Morgan fingerprint density at radius 3 is 2.81 bits per heavy atom. The minimum Gasteiger partial charge on any atom is -0.507 e. The van der Waals surface area contributed by atoms with Crippen molar-refractivity contribution in [3.8, 4) is 0 Å².